The number of hydrogen-bond acceptors (Lipinski definition) is 4. The zero-order valence-corrected chi connectivity index (χ0v) is 16.4. The van der Waals surface area contributed by atoms with Crippen LogP contribution in [0.15, 0.2) is 54.6 Å². The third-order valence-electron chi connectivity index (χ3n) is 5.09. The maximum Gasteiger partial charge on any atom is 0.229 e. The lowest BCUT2D eigenvalue weighted by molar-refractivity contribution is -0.134. The molecular formula is C22H28N4O2. The predicted molar refractivity (Wildman–Crippen MR) is 109 cm³/mol. The number of nitrogens with one attached hydrogen (secondary N) is 3. The summed E-state index contributed by atoms with van der Waals surface area (Å²) in [6, 6.07) is 18.0. The topological polar surface area (TPSA) is 73.5 Å². The average molecular weight is 380 g/mol. The van der Waals surface area contributed by atoms with Gasteiger partial charge in [-0.1, -0.05) is 61.5 Å². The second-order valence-corrected chi connectivity index (χ2v) is 7.16. The van der Waals surface area contributed by atoms with Crippen molar-refractivity contribution in [1.82, 2.24) is 21.1 Å². The fraction of sp³-hybridized carbons (Fsp3) is 0.364. The Morgan fingerprint density at radius 2 is 1.79 bits per heavy atom. The molecule has 0 aliphatic carbocycles. The highest BCUT2D eigenvalue weighted by atomic mass is 16.2. The summed E-state index contributed by atoms with van der Waals surface area (Å²) in [5.41, 5.74) is 9.58. The molecule has 0 radical (unpaired) electrons. The summed E-state index contributed by atoms with van der Waals surface area (Å²) in [6.07, 6.45) is 0.482. The highest BCUT2D eigenvalue weighted by Gasteiger charge is 2.35. The summed E-state index contributed by atoms with van der Waals surface area (Å²) in [6.45, 7) is 3.55. The van der Waals surface area contributed by atoms with Crippen LogP contribution in [0, 0.1) is 5.92 Å². The minimum Gasteiger partial charge on any atom is -0.352 e. The molecule has 2 unspecified atom stereocenters. The fourth-order valence-electron chi connectivity index (χ4n) is 3.43. The van der Waals surface area contributed by atoms with E-state index in [-0.39, 0.29) is 23.8 Å². The molecule has 2 aromatic carbocycles. The maximum absolute atomic E-state index is 13.0. The van der Waals surface area contributed by atoms with Gasteiger partial charge in [-0.2, -0.15) is 0 Å². The van der Waals surface area contributed by atoms with Crippen molar-refractivity contribution in [3.63, 3.8) is 0 Å². The van der Waals surface area contributed by atoms with Gasteiger partial charge in [0.15, 0.2) is 0 Å². The van der Waals surface area contributed by atoms with Crippen molar-refractivity contribution in [3.8, 4) is 0 Å². The van der Waals surface area contributed by atoms with E-state index in [2.05, 4.69) is 16.2 Å². The Balaban J connectivity index is 1.63. The van der Waals surface area contributed by atoms with Crippen molar-refractivity contribution < 1.29 is 9.59 Å². The molecule has 3 N–H and O–H groups in total. The molecule has 1 heterocycles. The molecule has 0 aromatic heterocycles. The lowest BCUT2D eigenvalue weighted by Crippen LogP contribution is -2.36. The molecule has 6 nitrogen and oxygen atoms in total. The number of hydrazine groups is 1. The SMILES string of the molecule is CCC(=O)NCc1ccc(C2NNCC2C(=O)N(C)Cc2ccccc2)cc1. The number of rotatable bonds is 7. The zero-order valence-electron chi connectivity index (χ0n) is 16.4. The summed E-state index contributed by atoms with van der Waals surface area (Å²) >= 11 is 0. The molecule has 6 heteroatoms. The van der Waals surface area contributed by atoms with Gasteiger partial charge in [-0.05, 0) is 16.7 Å². The summed E-state index contributed by atoms with van der Waals surface area (Å²) < 4.78 is 0. The van der Waals surface area contributed by atoms with Gasteiger partial charge < -0.3 is 10.2 Å². The van der Waals surface area contributed by atoms with Crippen LogP contribution in [0.25, 0.3) is 0 Å². The first-order chi connectivity index (χ1) is 13.6. The Kier molecular flexibility index (Phi) is 6.79. The molecule has 2 aromatic rings. The molecule has 0 saturated carbocycles. The summed E-state index contributed by atoms with van der Waals surface area (Å²) in [5.74, 6) is -0.0113. The molecule has 0 spiro atoms. The average Bonchev–Trinajstić information content (AvgIpc) is 3.22. The maximum atomic E-state index is 13.0. The van der Waals surface area contributed by atoms with Crippen molar-refractivity contribution in [2.75, 3.05) is 13.6 Å². The van der Waals surface area contributed by atoms with E-state index >= 15 is 0 Å². The molecule has 1 saturated heterocycles. The number of carbonyl (C=O) groups excluding carboxylic acids is 2. The third kappa shape index (κ3) is 4.97. The Morgan fingerprint density at radius 1 is 1.07 bits per heavy atom. The molecule has 2 atom stereocenters. The van der Waals surface area contributed by atoms with Crippen molar-refractivity contribution in [1.29, 1.82) is 0 Å². The van der Waals surface area contributed by atoms with Crippen molar-refractivity contribution in [2.24, 2.45) is 5.92 Å². The van der Waals surface area contributed by atoms with Crippen LogP contribution in [-0.2, 0) is 22.7 Å². The quantitative estimate of drug-likeness (QED) is 0.688. The number of hydrogen-bond donors (Lipinski definition) is 3. The second kappa shape index (κ2) is 9.48. The van der Waals surface area contributed by atoms with Gasteiger partial charge in [-0.25, -0.2) is 5.43 Å². The monoisotopic (exact) mass is 380 g/mol. The largest absolute Gasteiger partial charge is 0.352 e. The van der Waals surface area contributed by atoms with E-state index in [0.29, 0.717) is 26.1 Å². The van der Waals surface area contributed by atoms with Gasteiger partial charge in [0.1, 0.15) is 0 Å². The Bertz CT molecular complexity index is 792. The van der Waals surface area contributed by atoms with Crippen LogP contribution in [0.3, 0.4) is 0 Å². The highest BCUT2D eigenvalue weighted by molar-refractivity contribution is 5.80. The Morgan fingerprint density at radius 3 is 2.46 bits per heavy atom. The van der Waals surface area contributed by atoms with Crippen LogP contribution in [0.5, 0.6) is 0 Å². The molecular weight excluding hydrogens is 352 g/mol. The lowest BCUT2D eigenvalue weighted by atomic mass is 9.93. The van der Waals surface area contributed by atoms with Crippen molar-refractivity contribution >= 4 is 11.8 Å². The van der Waals surface area contributed by atoms with Crippen LogP contribution in [0.4, 0.5) is 0 Å². The Hall–Kier alpha value is -2.70. The predicted octanol–water partition coefficient (Wildman–Crippen LogP) is 2.14. The molecule has 1 fully saturated rings. The van der Waals surface area contributed by atoms with E-state index in [1.165, 1.54) is 0 Å². The van der Waals surface area contributed by atoms with Gasteiger partial charge in [0.2, 0.25) is 11.8 Å². The van der Waals surface area contributed by atoms with Crippen LogP contribution in [0.1, 0.15) is 36.1 Å². The smallest absolute Gasteiger partial charge is 0.229 e. The van der Waals surface area contributed by atoms with Gasteiger partial charge in [0.25, 0.3) is 0 Å². The van der Waals surface area contributed by atoms with E-state index < -0.39 is 0 Å². The molecule has 3 rings (SSSR count). The molecule has 1 aliphatic rings. The van der Waals surface area contributed by atoms with Crippen molar-refractivity contribution in [2.45, 2.75) is 32.5 Å². The fourth-order valence-corrected chi connectivity index (χ4v) is 3.43. The highest BCUT2D eigenvalue weighted by Crippen LogP contribution is 2.27. The second-order valence-electron chi connectivity index (χ2n) is 7.16. The molecule has 28 heavy (non-hydrogen) atoms. The number of benzene rings is 2. The van der Waals surface area contributed by atoms with Crippen LogP contribution >= 0.6 is 0 Å². The van der Waals surface area contributed by atoms with Crippen LogP contribution in [-0.4, -0.2) is 30.3 Å². The molecule has 148 valence electrons. The lowest BCUT2D eigenvalue weighted by Gasteiger charge is -2.24. The van der Waals surface area contributed by atoms with Crippen LogP contribution < -0.4 is 16.2 Å². The minimum absolute atomic E-state index is 0.0397. The van der Waals surface area contributed by atoms with Gasteiger partial charge in [-0.3, -0.25) is 15.0 Å². The van der Waals surface area contributed by atoms with E-state index in [1.54, 1.807) is 4.90 Å². The molecule has 1 aliphatic heterocycles. The summed E-state index contributed by atoms with van der Waals surface area (Å²) in [7, 11) is 1.85. The zero-order chi connectivity index (χ0) is 19.9. The normalized spacial score (nSPS) is 18.6. The van der Waals surface area contributed by atoms with E-state index in [4.69, 9.17) is 0 Å². The van der Waals surface area contributed by atoms with E-state index in [0.717, 1.165) is 16.7 Å². The van der Waals surface area contributed by atoms with Gasteiger partial charge in [0, 0.05) is 33.1 Å². The summed E-state index contributed by atoms with van der Waals surface area (Å²) in [5, 5.41) is 2.88. The van der Waals surface area contributed by atoms with Gasteiger partial charge >= 0.3 is 0 Å². The van der Waals surface area contributed by atoms with Gasteiger partial charge in [-0.15, -0.1) is 0 Å². The van der Waals surface area contributed by atoms with E-state index in [1.807, 2.05) is 68.6 Å². The summed E-state index contributed by atoms with van der Waals surface area (Å²) in [4.78, 5) is 26.2. The Labute approximate surface area is 166 Å². The molecule has 0 bridgehead atoms. The first-order valence-corrected chi connectivity index (χ1v) is 9.71. The first-order valence-electron chi connectivity index (χ1n) is 9.71. The molecule has 2 amide bonds. The number of carbonyl (C=O) groups is 2. The standard InChI is InChI=1S/C22H28N4O2/c1-3-20(27)23-13-16-9-11-18(12-10-16)21-19(14-24-25-21)22(28)26(2)15-17-7-5-4-6-8-17/h4-12,19,21,24-25H,3,13-15H2,1-2H3,(H,23,27). The van der Waals surface area contributed by atoms with Gasteiger partial charge in [0.05, 0.1) is 12.0 Å². The first kappa shape index (κ1) is 20.0. The van der Waals surface area contributed by atoms with E-state index in [9.17, 15) is 9.59 Å². The third-order valence-corrected chi connectivity index (χ3v) is 5.09. The van der Waals surface area contributed by atoms with Crippen molar-refractivity contribution in [3.05, 3.63) is 71.3 Å². The number of nitrogens with zero attached hydrogens (tertiary/aromatic N) is 1. The van der Waals surface area contributed by atoms with Crippen LogP contribution in [0.2, 0.25) is 0 Å². The minimum atomic E-state index is -0.167. The number of amides is 2.